The number of carbonyl (C=O) groups excluding carboxylic acids is 12. The number of amides is 11. The second-order valence-corrected chi connectivity index (χ2v) is 29.4. The zero-order chi connectivity index (χ0) is 95.8. The van der Waals surface area contributed by atoms with Crippen LogP contribution in [-0.2, 0) is 122 Å². The van der Waals surface area contributed by atoms with Gasteiger partial charge in [-0.15, -0.1) is 0 Å². The lowest BCUT2D eigenvalue weighted by atomic mass is 10.1. The van der Waals surface area contributed by atoms with Crippen LogP contribution in [0.2, 0.25) is 0 Å². The van der Waals surface area contributed by atoms with Crippen molar-refractivity contribution in [2.24, 2.45) is 0 Å². The number of ether oxygens (including phenoxy) is 4. The fourth-order valence-electron chi connectivity index (χ4n) is 12.5. The number of aliphatic carboxylic acids is 8. The molecule has 4 aromatic rings. The van der Waals surface area contributed by atoms with Crippen LogP contribution in [0.4, 0.5) is 0 Å². The summed E-state index contributed by atoms with van der Waals surface area (Å²) < 4.78 is 21.3. The van der Waals surface area contributed by atoms with E-state index in [-0.39, 0.29) is 45.4 Å². The number of hydrogen-bond donors (Lipinski definition) is 9. The molecule has 0 saturated heterocycles. The highest BCUT2D eigenvalue weighted by molar-refractivity contribution is 5.96. The van der Waals surface area contributed by atoms with Crippen molar-refractivity contribution < 1.29 is 156 Å². The molecular weight excluding hydrogens is 1700 g/mol. The summed E-state index contributed by atoms with van der Waals surface area (Å²) in [5.74, 6) is -22.9. The number of Topliss-reactive ketones (excluding diaryl/α,β-unsaturated/α-hetero) is 1. The first-order valence-electron chi connectivity index (χ1n) is 40.7. The van der Waals surface area contributed by atoms with Crippen LogP contribution in [0.5, 0.6) is 23.0 Å². The second kappa shape index (κ2) is 56.6. The third-order valence-electron chi connectivity index (χ3n) is 19.8. The van der Waals surface area contributed by atoms with Crippen molar-refractivity contribution in [2.45, 2.75) is 84.0 Å². The lowest BCUT2D eigenvalue weighted by molar-refractivity contribution is -0.151. The van der Waals surface area contributed by atoms with Crippen LogP contribution < -0.4 is 24.3 Å². The molecule has 9 N–H and O–H groups in total. The maximum Gasteiger partial charge on any atom is 0.305 e. The molecule has 0 radical (unpaired) electrons. The molecule has 0 aliphatic carbocycles. The van der Waals surface area contributed by atoms with E-state index >= 15 is 14.4 Å². The first-order valence-corrected chi connectivity index (χ1v) is 40.7. The summed E-state index contributed by atoms with van der Waals surface area (Å²) in [7, 11) is 5.94. The molecule has 704 valence electrons. The number of carboxylic acid groups (broad SMARTS) is 8. The third kappa shape index (κ3) is 42.0. The quantitative estimate of drug-likeness (QED) is 0.0241. The van der Waals surface area contributed by atoms with Gasteiger partial charge in [0.15, 0.2) is 0 Å². The van der Waals surface area contributed by atoms with Crippen molar-refractivity contribution in [3.05, 3.63) is 119 Å². The normalized spacial score (nSPS) is 10.7. The summed E-state index contributed by atoms with van der Waals surface area (Å²) in [5.41, 5.74) is 3.01. The fraction of sp³-hybridized carbons (Fsp3) is 0.482. The Balaban J connectivity index is 1.73. The van der Waals surface area contributed by atoms with E-state index in [2.05, 4.69) is 5.32 Å². The zero-order valence-electron chi connectivity index (χ0n) is 72.5. The summed E-state index contributed by atoms with van der Waals surface area (Å²) in [4.78, 5) is 276. The molecule has 0 heterocycles. The smallest absolute Gasteiger partial charge is 0.305 e. The van der Waals surface area contributed by atoms with Gasteiger partial charge in [-0.05, 0) is 110 Å². The highest BCUT2D eigenvalue weighted by atomic mass is 16.5. The van der Waals surface area contributed by atoms with E-state index in [1.165, 1.54) is 31.1 Å². The summed E-state index contributed by atoms with van der Waals surface area (Å²) in [6.07, 6.45) is -6.24. The van der Waals surface area contributed by atoms with Gasteiger partial charge in [0.25, 0.3) is 0 Å². The second-order valence-electron chi connectivity index (χ2n) is 29.4. The van der Waals surface area contributed by atoms with Gasteiger partial charge < -0.3 is 119 Å². The Morgan fingerprint density at radius 2 is 0.380 bits per heavy atom. The van der Waals surface area contributed by atoms with Gasteiger partial charge in [-0.2, -0.15) is 0 Å². The Bertz CT molecular complexity index is 4510. The summed E-state index contributed by atoms with van der Waals surface area (Å²) >= 11 is 0. The summed E-state index contributed by atoms with van der Waals surface area (Å²) in [5, 5.41) is 81.0. The minimum atomic E-state index is -1.61. The number of hydrogen-bond acceptors (Lipinski definition) is 25. The number of benzene rings is 4. The monoisotopic (exact) mass is 1810 g/mol. The maximum absolute atomic E-state index is 15.3. The largest absolute Gasteiger partial charge is 0.497 e. The van der Waals surface area contributed by atoms with E-state index in [9.17, 15) is 122 Å². The van der Waals surface area contributed by atoms with E-state index < -0.39 is 294 Å². The van der Waals surface area contributed by atoms with Gasteiger partial charge in [-0.25, -0.2) is 0 Å². The van der Waals surface area contributed by atoms with Crippen molar-refractivity contribution in [1.29, 1.82) is 0 Å². The third-order valence-corrected chi connectivity index (χ3v) is 19.8. The average molecular weight is 1810 g/mol. The van der Waals surface area contributed by atoms with Gasteiger partial charge in [0, 0.05) is 72.0 Å². The summed E-state index contributed by atoms with van der Waals surface area (Å²) in [6, 6.07) is 27.8. The molecule has 0 atom stereocenters. The molecule has 0 aliphatic heterocycles. The van der Waals surface area contributed by atoms with Crippen molar-refractivity contribution in [2.75, 3.05) is 186 Å². The lowest BCUT2D eigenvalue weighted by Crippen LogP contribution is -2.53. The van der Waals surface area contributed by atoms with E-state index in [1.54, 1.807) is 92.0 Å². The van der Waals surface area contributed by atoms with Crippen molar-refractivity contribution in [3.8, 4) is 23.0 Å². The maximum atomic E-state index is 15.3. The molecule has 0 fully saturated rings. The number of ketones is 1. The Morgan fingerprint density at radius 3 is 0.543 bits per heavy atom. The SMILES string of the molecule is COc1ccc(CCNCC(=O)N(CCc2ccc(OC)cc2)CC(=O)N(CCc2ccc(OC)cc2)CC(=O)N(CCc2ccc(OC)cc2)CC(=O)N(CCC(=O)O)CC(=O)N(CCC(=O)O)CC(=O)N(CCC(=O)O)CC(=O)N(CCC(=O)O)CC(=O)N(CCC(=O)O)CC(=O)N(CCC(=O)O)CC(=O)N(CCC(=O)O)CC(=O)N(CCC(=O)O)CC(C)=O)cc1. The molecule has 44 heteroatoms. The minimum Gasteiger partial charge on any atom is -0.497 e. The predicted octanol–water partition coefficient (Wildman–Crippen LogP) is -0.918. The molecule has 0 spiro atoms. The van der Waals surface area contributed by atoms with Crippen LogP contribution >= 0.6 is 0 Å². The predicted molar refractivity (Wildman–Crippen MR) is 451 cm³/mol. The molecule has 0 saturated carbocycles. The Kier molecular flexibility index (Phi) is 46.9. The lowest BCUT2D eigenvalue weighted by Gasteiger charge is -2.33. The van der Waals surface area contributed by atoms with Gasteiger partial charge >= 0.3 is 47.8 Å². The molecule has 0 unspecified atom stereocenters. The number of nitrogens with one attached hydrogen (secondary N) is 1. The van der Waals surface area contributed by atoms with Crippen LogP contribution in [0.15, 0.2) is 97.1 Å². The molecule has 11 amide bonds. The minimum absolute atomic E-state index is 0.0180. The first-order chi connectivity index (χ1) is 61.2. The Labute approximate surface area is 742 Å². The van der Waals surface area contributed by atoms with Gasteiger partial charge in [-0.3, -0.25) is 95.9 Å². The van der Waals surface area contributed by atoms with Crippen molar-refractivity contribution >= 4 is 119 Å². The molecule has 0 aromatic heterocycles. The molecule has 0 bridgehead atoms. The van der Waals surface area contributed by atoms with E-state index in [4.69, 9.17) is 18.9 Å². The number of nitrogens with zero attached hydrogens (tertiary/aromatic N) is 11. The summed E-state index contributed by atoms with van der Waals surface area (Å²) in [6.45, 7) is -17.1. The number of carboxylic acids is 8. The van der Waals surface area contributed by atoms with Gasteiger partial charge in [-0.1, -0.05) is 48.5 Å². The standard InChI is InChI=1S/C85H112N12O32/c1-58(98)47-87(38-26-78(110)111)68(100)49-91(39-27-79(112)113)72(104)52-93(41-29-81(116)117)74(106)54-95(43-31-83(120)121)76(108)56-97(45-33-85(124)125)77(109)57-96(44-32-84(122)123)75(107)55-94(42-30-82(118)119)73(105)53-92(40-28-80(114)115)71(103)51-90(37-25-62-12-20-66(129-5)21-13-62)70(102)50-89(36-24-61-10-18-65(128-4)19-11-61)69(101)48-88(35-23-60-8-16-64(127-3)17-9-60)67(99)46-86-34-22-59-6-14-63(126-2)15-7-59/h6-21,86H,22-57H2,1-5H3,(H,110,111)(H,112,113)(H,114,115)(H,116,117)(H,118,119)(H,120,121)(H,122,123)(H,124,125). The molecule has 0 aliphatic rings. The van der Waals surface area contributed by atoms with Gasteiger partial charge in [0.05, 0.1) is 158 Å². The number of rotatable bonds is 64. The molecule has 44 nitrogen and oxygen atoms in total. The van der Waals surface area contributed by atoms with Crippen molar-refractivity contribution in [3.63, 3.8) is 0 Å². The number of carbonyl (C=O) groups is 20. The van der Waals surface area contributed by atoms with Gasteiger partial charge in [0.2, 0.25) is 65.0 Å². The topological polar surface area (TPSA) is 588 Å². The van der Waals surface area contributed by atoms with Crippen LogP contribution in [0.25, 0.3) is 0 Å². The van der Waals surface area contributed by atoms with Crippen LogP contribution in [0.1, 0.15) is 80.5 Å². The Hall–Kier alpha value is -14.4. The highest BCUT2D eigenvalue weighted by Gasteiger charge is 2.35. The van der Waals surface area contributed by atoms with Crippen LogP contribution in [-0.4, -0.2) is 399 Å². The van der Waals surface area contributed by atoms with Crippen molar-refractivity contribution in [1.82, 2.24) is 59.2 Å². The zero-order valence-corrected chi connectivity index (χ0v) is 72.5. The van der Waals surface area contributed by atoms with Crippen LogP contribution in [0, 0.1) is 0 Å². The highest BCUT2D eigenvalue weighted by Crippen LogP contribution is 2.19. The molecular formula is C85H112N12O32. The van der Waals surface area contributed by atoms with E-state index in [0.29, 0.717) is 81.4 Å². The van der Waals surface area contributed by atoms with Crippen LogP contribution in [0.3, 0.4) is 0 Å². The first kappa shape index (κ1) is 107. The number of methoxy groups -OCH3 is 4. The van der Waals surface area contributed by atoms with E-state index in [1.807, 2.05) is 12.1 Å². The van der Waals surface area contributed by atoms with Gasteiger partial charge in [0.1, 0.15) is 28.8 Å². The fourth-order valence-corrected chi connectivity index (χ4v) is 12.5. The molecule has 4 aromatic carbocycles. The molecule has 4 rings (SSSR count). The van der Waals surface area contributed by atoms with E-state index in [0.717, 1.165) is 27.9 Å². The molecule has 129 heavy (non-hydrogen) atoms. The Morgan fingerprint density at radius 1 is 0.225 bits per heavy atom. The average Bonchev–Trinajstić information content (AvgIpc) is 0.800.